The molecule has 0 unspecified atom stereocenters. The highest BCUT2D eigenvalue weighted by Gasteiger charge is 2.50. The van der Waals surface area contributed by atoms with Crippen LogP contribution in [-0.2, 0) is 0 Å². The van der Waals surface area contributed by atoms with Gasteiger partial charge in [0.1, 0.15) is 6.21 Å². The molecule has 142 valence electrons. The fourth-order valence-electron chi connectivity index (χ4n) is 3.73. The summed E-state index contributed by atoms with van der Waals surface area (Å²) in [6.45, 7) is 7.70. The standard InChI is InChI=1S/C19H21BBrF2N3O/c1-3-24-9-10-25(4-2)18-12-19-14(11-17(18)24)13-26(20(22,23)27-19)16-7-5-15(21)6-8-16/h5-8,11-13H,3-4,9-10H2,1-2H3. The zero-order valence-corrected chi connectivity index (χ0v) is 16.9. The Morgan fingerprint density at radius 3 is 2.22 bits per heavy atom. The third kappa shape index (κ3) is 3.20. The first-order chi connectivity index (χ1) is 12.9. The Bertz CT molecular complexity index is 905. The van der Waals surface area contributed by atoms with Gasteiger partial charge in [0.05, 0.1) is 22.7 Å². The molecule has 0 atom stereocenters. The van der Waals surface area contributed by atoms with Gasteiger partial charge in [-0.05, 0) is 32.0 Å². The molecule has 4 rings (SSSR count). The van der Waals surface area contributed by atoms with Gasteiger partial charge in [-0.3, -0.25) is 0 Å². The fraction of sp³-hybridized carbons (Fsp3) is 0.316. The van der Waals surface area contributed by atoms with Crippen LogP contribution in [0.1, 0.15) is 19.4 Å². The quantitative estimate of drug-likeness (QED) is 0.654. The zero-order chi connectivity index (χ0) is 19.2. The van der Waals surface area contributed by atoms with Gasteiger partial charge in [0, 0.05) is 48.9 Å². The number of benzene rings is 2. The SMILES string of the molecule is CCN1CCN(CC)c2cc3c(cc21)C=[N+](c1ccc(Br)cc1)[B-](F)(F)O3. The molecular formula is C19H21BBrF2N3O. The van der Waals surface area contributed by atoms with Crippen LogP contribution in [0.4, 0.5) is 25.7 Å². The number of likely N-dealkylation sites (N-methyl/N-ethyl adjacent to an activating group) is 2. The molecule has 0 N–H and O–H groups in total. The summed E-state index contributed by atoms with van der Waals surface area (Å²) in [5, 5.41) is 0. The highest BCUT2D eigenvalue weighted by molar-refractivity contribution is 9.10. The van der Waals surface area contributed by atoms with Gasteiger partial charge >= 0.3 is 7.04 Å². The predicted octanol–water partition coefficient (Wildman–Crippen LogP) is 4.65. The normalized spacial score (nSPS) is 17.7. The van der Waals surface area contributed by atoms with Crippen molar-refractivity contribution in [2.45, 2.75) is 13.8 Å². The van der Waals surface area contributed by atoms with Gasteiger partial charge in [0.15, 0.2) is 5.69 Å². The minimum Gasteiger partial charge on any atom is -0.599 e. The molecule has 0 amide bonds. The van der Waals surface area contributed by atoms with E-state index in [0.29, 0.717) is 11.3 Å². The van der Waals surface area contributed by atoms with E-state index in [2.05, 4.69) is 39.6 Å². The lowest BCUT2D eigenvalue weighted by Gasteiger charge is -2.39. The Labute approximate surface area is 166 Å². The topological polar surface area (TPSA) is 18.7 Å². The minimum absolute atomic E-state index is 0.239. The molecule has 27 heavy (non-hydrogen) atoms. The first-order valence-electron chi connectivity index (χ1n) is 9.20. The van der Waals surface area contributed by atoms with E-state index in [1.165, 1.54) is 6.21 Å². The number of nitrogens with zero attached hydrogens (tertiary/aromatic N) is 3. The lowest BCUT2D eigenvalue weighted by Crippen LogP contribution is -2.47. The molecule has 2 aromatic carbocycles. The van der Waals surface area contributed by atoms with Crippen molar-refractivity contribution in [3.8, 4) is 5.75 Å². The van der Waals surface area contributed by atoms with Crippen molar-refractivity contribution >= 4 is 46.2 Å². The molecule has 0 fully saturated rings. The van der Waals surface area contributed by atoms with Crippen molar-refractivity contribution in [1.82, 2.24) is 0 Å². The summed E-state index contributed by atoms with van der Waals surface area (Å²) in [6.07, 6.45) is 1.50. The fourth-order valence-corrected chi connectivity index (χ4v) is 3.99. The van der Waals surface area contributed by atoms with Crippen LogP contribution < -0.4 is 14.5 Å². The average Bonchev–Trinajstić information content (AvgIpc) is 2.65. The molecule has 4 nitrogen and oxygen atoms in total. The maximum absolute atomic E-state index is 14.8. The molecule has 2 aliphatic heterocycles. The predicted molar refractivity (Wildman–Crippen MR) is 110 cm³/mol. The largest absolute Gasteiger partial charge is 0.834 e. The van der Waals surface area contributed by atoms with E-state index >= 15 is 0 Å². The third-order valence-electron chi connectivity index (χ3n) is 5.19. The van der Waals surface area contributed by atoms with Crippen molar-refractivity contribution in [2.75, 3.05) is 36.0 Å². The molecule has 2 aliphatic rings. The number of anilines is 2. The van der Waals surface area contributed by atoms with Crippen molar-refractivity contribution in [3.05, 3.63) is 46.4 Å². The Morgan fingerprint density at radius 1 is 1.04 bits per heavy atom. The van der Waals surface area contributed by atoms with Gasteiger partial charge in [0.25, 0.3) is 0 Å². The summed E-state index contributed by atoms with van der Waals surface area (Å²) >= 11 is 3.34. The van der Waals surface area contributed by atoms with E-state index in [9.17, 15) is 8.63 Å². The summed E-state index contributed by atoms with van der Waals surface area (Å²) in [5.41, 5.74) is 3.09. The molecule has 0 saturated heterocycles. The second kappa shape index (κ2) is 6.82. The number of halogens is 3. The Balaban J connectivity index is 1.85. The van der Waals surface area contributed by atoms with Crippen LogP contribution in [0.5, 0.6) is 5.75 Å². The molecule has 2 aromatic rings. The summed E-state index contributed by atoms with van der Waals surface area (Å²) in [5.74, 6) is 0.239. The molecule has 0 bridgehead atoms. The average molecular weight is 436 g/mol. The summed E-state index contributed by atoms with van der Waals surface area (Å²) in [4.78, 5) is 4.48. The maximum atomic E-state index is 14.8. The van der Waals surface area contributed by atoms with Crippen LogP contribution >= 0.6 is 15.9 Å². The van der Waals surface area contributed by atoms with Gasteiger partial charge in [-0.25, -0.2) is 0 Å². The minimum atomic E-state index is -4.20. The Hall–Kier alpha value is -2.09. The second-order valence-corrected chi connectivity index (χ2v) is 7.65. The van der Waals surface area contributed by atoms with E-state index in [1.807, 2.05) is 6.07 Å². The van der Waals surface area contributed by atoms with Crippen LogP contribution in [0.3, 0.4) is 0 Å². The first kappa shape index (κ1) is 18.3. The van der Waals surface area contributed by atoms with Crippen LogP contribution in [0.25, 0.3) is 0 Å². The molecular weight excluding hydrogens is 415 g/mol. The highest BCUT2D eigenvalue weighted by atomic mass is 79.9. The molecule has 0 aliphatic carbocycles. The van der Waals surface area contributed by atoms with E-state index in [4.69, 9.17) is 4.65 Å². The maximum Gasteiger partial charge on any atom is 0.834 e. The lowest BCUT2D eigenvalue weighted by atomic mass is 9.97. The van der Waals surface area contributed by atoms with Crippen molar-refractivity contribution in [2.24, 2.45) is 0 Å². The van der Waals surface area contributed by atoms with Gasteiger partial charge < -0.3 is 27.6 Å². The van der Waals surface area contributed by atoms with Gasteiger partial charge in [-0.1, -0.05) is 15.9 Å². The second-order valence-electron chi connectivity index (χ2n) is 6.73. The number of rotatable bonds is 3. The van der Waals surface area contributed by atoms with Crippen molar-refractivity contribution in [3.63, 3.8) is 0 Å². The Morgan fingerprint density at radius 2 is 1.63 bits per heavy atom. The van der Waals surface area contributed by atoms with Crippen LogP contribution in [-0.4, -0.2) is 43.9 Å². The molecule has 0 spiro atoms. The third-order valence-corrected chi connectivity index (χ3v) is 5.72. The zero-order valence-electron chi connectivity index (χ0n) is 15.3. The molecule has 0 aromatic heterocycles. The molecule has 2 heterocycles. The van der Waals surface area contributed by atoms with Crippen LogP contribution in [0, 0.1) is 0 Å². The van der Waals surface area contributed by atoms with Crippen LogP contribution in [0.2, 0.25) is 0 Å². The smallest absolute Gasteiger partial charge is 0.599 e. The first-order valence-corrected chi connectivity index (χ1v) is 9.99. The van der Waals surface area contributed by atoms with E-state index in [-0.39, 0.29) is 5.75 Å². The number of hydrogen-bond donors (Lipinski definition) is 0. The van der Waals surface area contributed by atoms with E-state index < -0.39 is 7.04 Å². The Kier molecular flexibility index (Phi) is 4.62. The van der Waals surface area contributed by atoms with Gasteiger partial charge in [-0.15, -0.1) is 0 Å². The monoisotopic (exact) mass is 435 g/mol. The summed E-state index contributed by atoms with van der Waals surface area (Å²) < 4.78 is 36.6. The molecule has 0 saturated carbocycles. The van der Waals surface area contributed by atoms with Gasteiger partial charge in [-0.2, -0.15) is 0 Å². The molecule has 0 radical (unpaired) electrons. The van der Waals surface area contributed by atoms with Crippen LogP contribution in [0.15, 0.2) is 40.9 Å². The van der Waals surface area contributed by atoms with Crippen molar-refractivity contribution in [1.29, 1.82) is 0 Å². The number of hydrogen-bond acceptors (Lipinski definition) is 3. The van der Waals surface area contributed by atoms with Gasteiger partial charge in [0.2, 0.25) is 0 Å². The molecule has 8 heteroatoms. The van der Waals surface area contributed by atoms with E-state index in [1.54, 1.807) is 30.3 Å². The number of fused-ring (bicyclic) bond motifs is 2. The van der Waals surface area contributed by atoms with Crippen molar-refractivity contribution < 1.29 is 17.8 Å². The highest BCUT2D eigenvalue weighted by Crippen LogP contribution is 2.41. The lowest BCUT2D eigenvalue weighted by molar-refractivity contribution is -0.343. The van der Waals surface area contributed by atoms with E-state index in [0.717, 1.165) is 46.5 Å². The summed E-state index contributed by atoms with van der Waals surface area (Å²) in [6, 6.07) is 10.5. The summed E-state index contributed by atoms with van der Waals surface area (Å²) in [7, 11) is -4.20.